The Morgan fingerprint density at radius 1 is 1.28 bits per heavy atom. The second-order valence-electron chi connectivity index (χ2n) is 5.20. The predicted molar refractivity (Wildman–Crippen MR) is 95.8 cm³/mol. The third kappa shape index (κ3) is 5.32. The summed E-state index contributed by atoms with van der Waals surface area (Å²) in [7, 11) is 0. The van der Waals surface area contributed by atoms with Crippen molar-refractivity contribution in [2.45, 2.75) is 13.0 Å². The molecule has 0 atom stereocenters. The van der Waals surface area contributed by atoms with Crippen molar-refractivity contribution in [3.63, 3.8) is 0 Å². The quantitative estimate of drug-likeness (QED) is 0.442. The van der Waals surface area contributed by atoms with Crippen molar-refractivity contribution in [3.8, 4) is 5.75 Å². The zero-order chi connectivity index (χ0) is 18.2. The second-order valence-corrected chi connectivity index (χ2v) is 5.61. The minimum Gasteiger partial charge on any atom is -0.483 e. The summed E-state index contributed by atoms with van der Waals surface area (Å²) in [5.41, 5.74) is 1.37. The molecule has 0 fully saturated rings. The van der Waals surface area contributed by atoms with Gasteiger partial charge in [-0.25, -0.2) is 0 Å². The van der Waals surface area contributed by atoms with Gasteiger partial charge in [0.25, 0.3) is 11.6 Å². The molecule has 0 aromatic heterocycles. The van der Waals surface area contributed by atoms with Crippen LogP contribution in [0.2, 0.25) is 5.02 Å². The molecule has 0 radical (unpaired) electrons. The van der Waals surface area contributed by atoms with E-state index in [2.05, 4.69) is 11.9 Å². The lowest BCUT2D eigenvalue weighted by Gasteiger charge is -2.11. The average Bonchev–Trinajstić information content (AvgIpc) is 2.60. The Bertz CT molecular complexity index is 792. The van der Waals surface area contributed by atoms with Crippen molar-refractivity contribution in [3.05, 3.63) is 81.4 Å². The number of allylic oxidation sites excluding steroid dienone is 1. The number of non-ortho nitro benzene ring substituents is 1. The van der Waals surface area contributed by atoms with Crippen LogP contribution in [0.4, 0.5) is 5.69 Å². The average molecular weight is 361 g/mol. The number of hydrogen-bond donors (Lipinski definition) is 1. The highest BCUT2D eigenvalue weighted by molar-refractivity contribution is 6.31. The standard InChI is InChI=1S/C18H17ClN2O4/c1-2-5-13-10-15(21(23)24)8-9-17(13)25-12-18(22)20-11-14-6-3-4-7-16(14)19/h2-4,6-10H,1,5,11-12H2,(H,20,22). The zero-order valence-electron chi connectivity index (χ0n) is 13.4. The number of benzene rings is 2. The molecule has 0 saturated heterocycles. The number of carbonyl (C=O) groups excluding carboxylic acids is 1. The lowest BCUT2D eigenvalue weighted by molar-refractivity contribution is -0.384. The number of nitro benzene ring substituents is 1. The topological polar surface area (TPSA) is 81.5 Å². The van der Waals surface area contributed by atoms with Gasteiger partial charge in [0.15, 0.2) is 6.61 Å². The van der Waals surface area contributed by atoms with Crippen LogP contribution in [0.15, 0.2) is 55.1 Å². The van der Waals surface area contributed by atoms with Gasteiger partial charge in [0.2, 0.25) is 0 Å². The Labute approximate surface area is 150 Å². The Morgan fingerprint density at radius 2 is 2.04 bits per heavy atom. The van der Waals surface area contributed by atoms with Gasteiger partial charge in [-0.1, -0.05) is 35.9 Å². The summed E-state index contributed by atoms with van der Waals surface area (Å²) in [5.74, 6) is 0.0984. The van der Waals surface area contributed by atoms with E-state index in [4.69, 9.17) is 16.3 Å². The molecule has 0 saturated carbocycles. The first-order valence-corrected chi connectivity index (χ1v) is 7.90. The van der Waals surface area contributed by atoms with Gasteiger partial charge < -0.3 is 10.1 Å². The molecule has 0 heterocycles. The first-order valence-electron chi connectivity index (χ1n) is 7.52. The Hall–Kier alpha value is -2.86. The number of halogens is 1. The summed E-state index contributed by atoms with van der Waals surface area (Å²) in [4.78, 5) is 22.3. The molecular weight excluding hydrogens is 344 g/mol. The lowest BCUT2D eigenvalue weighted by Crippen LogP contribution is -2.28. The highest BCUT2D eigenvalue weighted by Gasteiger charge is 2.12. The first-order chi connectivity index (χ1) is 12.0. The van der Waals surface area contributed by atoms with E-state index in [1.807, 2.05) is 18.2 Å². The number of rotatable bonds is 8. The summed E-state index contributed by atoms with van der Waals surface area (Å²) in [6.07, 6.45) is 2.02. The molecule has 0 aliphatic heterocycles. The van der Waals surface area contributed by atoms with Crippen molar-refractivity contribution < 1.29 is 14.5 Å². The number of nitrogens with zero attached hydrogens (tertiary/aromatic N) is 1. The molecule has 0 aliphatic carbocycles. The van der Waals surface area contributed by atoms with Crippen LogP contribution in [-0.4, -0.2) is 17.4 Å². The summed E-state index contributed by atoms with van der Waals surface area (Å²) in [5, 5.41) is 14.1. The molecule has 1 amide bonds. The Morgan fingerprint density at radius 3 is 2.72 bits per heavy atom. The van der Waals surface area contributed by atoms with Gasteiger partial charge in [-0.15, -0.1) is 6.58 Å². The Balaban J connectivity index is 1.95. The molecule has 0 spiro atoms. The number of hydrogen-bond acceptors (Lipinski definition) is 4. The number of ether oxygens (including phenoxy) is 1. The van der Waals surface area contributed by atoms with E-state index >= 15 is 0 Å². The molecule has 130 valence electrons. The first kappa shape index (κ1) is 18.5. The van der Waals surface area contributed by atoms with Gasteiger partial charge in [-0.05, 0) is 24.1 Å². The van der Waals surface area contributed by atoms with Gasteiger partial charge in [0.1, 0.15) is 5.75 Å². The zero-order valence-corrected chi connectivity index (χ0v) is 14.2. The van der Waals surface area contributed by atoms with E-state index in [1.54, 1.807) is 12.1 Å². The number of carbonyl (C=O) groups is 1. The predicted octanol–water partition coefficient (Wildman–Crippen LogP) is 3.67. The van der Waals surface area contributed by atoms with E-state index in [-0.39, 0.29) is 18.2 Å². The highest BCUT2D eigenvalue weighted by Crippen LogP contribution is 2.25. The SMILES string of the molecule is C=CCc1cc([N+](=O)[O-])ccc1OCC(=O)NCc1ccccc1Cl. The molecule has 25 heavy (non-hydrogen) atoms. The maximum absolute atomic E-state index is 11.9. The van der Waals surface area contributed by atoms with Gasteiger partial charge in [-0.2, -0.15) is 0 Å². The smallest absolute Gasteiger partial charge is 0.269 e. The van der Waals surface area contributed by atoms with Gasteiger partial charge in [0.05, 0.1) is 4.92 Å². The van der Waals surface area contributed by atoms with Gasteiger partial charge in [-0.3, -0.25) is 14.9 Å². The second kappa shape index (κ2) is 8.84. The van der Waals surface area contributed by atoms with Crippen LogP contribution in [-0.2, 0) is 17.8 Å². The maximum atomic E-state index is 11.9. The van der Waals surface area contributed by atoms with Crippen molar-refractivity contribution in [2.75, 3.05) is 6.61 Å². The van der Waals surface area contributed by atoms with Crippen molar-refractivity contribution in [1.82, 2.24) is 5.32 Å². The normalized spacial score (nSPS) is 10.1. The summed E-state index contributed by atoms with van der Waals surface area (Å²) >= 11 is 6.03. The molecular formula is C18H17ClN2O4. The number of amides is 1. The highest BCUT2D eigenvalue weighted by atomic mass is 35.5. The van der Waals surface area contributed by atoms with E-state index < -0.39 is 4.92 Å². The Kier molecular flexibility index (Phi) is 6.54. The molecule has 1 N–H and O–H groups in total. The van der Waals surface area contributed by atoms with Crippen LogP contribution in [0.3, 0.4) is 0 Å². The molecule has 0 bridgehead atoms. The summed E-state index contributed by atoms with van der Waals surface area (Å²) in [6.45, 7) is 3.71. The molecule has 2 aromatic rings. The fourth-order valence-electron chi connectivity index (χ4n) is 2.17. The van der Waals surface area contributed by atoms with Crippen molar-refractivity contribution in [1.29, 1.82) is 0 Å². The van der Waals surface area contributed by atoms with E-state index in [9.17, 15) is 14.9 Å². The molecule has 2 aromatic carbocycles. The largest absolute Gasteiger partial charge is 0.483 e. The van der Waals surface area contributed by atoms with Gasteiger partial charge >= 0.3 is 0 Å². The monoisotopic (exact) mass is 360 g/mol. The van der Waals surface area contributed by atoms with E-state index in [1.165, 1.54) is 18.2 Å². The van der Waals surface area contributed by atoms with Crippen LogP contribution in [0, 0.1) is 10.1 Å². The van der Waals surface area contributed by atoms with Gasteiger partial charge in [0, 0.05) is 29.3 Å². The fraction of sp³-hybridized carbons (Fsp3) is 0.167. The number of nitrogens with one attached hydrogen (secondary N) is 1. The maximum Gasteiger partial charge on any atom is 0.269 e. The number of nitro groups is 1. The fourth-order valence-corrected chi connectivity index (χ4v) is 2.37. The molecule has 7 heteroatoms. The molecule has 6 nitrogen and oxygen atoms in total. The van der Waals surface area contributed by atoms with E-state index in [0.29, 0.717) is 29.3 Å². The van der Waals surface area contributed by atoms with Crippen molar-refractivity contribution >= 4 is 23.2 Å². The van der Waals surface area contributed by atoms with Crippen LogP contribution in [0.5, 0.6) is 5.75 Å². The minimum absolute atomic E-state index is 0.0348. The summed E-state index contributed by atoms with van der Waals surface area (Å²) < 4.78 is 5.49. The third-order valence-corrected chi connectivity index (χ3v) is 3.78. The van der Waals surface area contributed by atoms with Crippen LogP contribution < -0.4 is 10.1 Å². The van der Waals surface area contributed by atoms with Crippen LogP contribution in [0.1, 0.15) is 11.1 Å². The van der Waals surface area contributed by atoms with Crippen LogP contribution >= 0.6 is 11.6 Å². The molecule has 0 unspecified atom stereocenters. The third-order valence-electron chi connectivity index (χ3n) is 3.41. The minimum atomic E-state index is -0.479. The summed E-state index contributed by atoms with van der Waals surface area (Å²) in [6, 6.07) is 11.5. The molecule has 2 rings (SSSR count). The van der Waals surface area contributed by atoms with Crippen molar-refractivity contribution in [2.24, 2.45) is 0 Å². The lowest BCUT2D eigenvalue weighted by atomic mass is 10.1. The molecule has 0 aliphatic rings. The van der Waals surface area contributed by atoms with Crippen LogP contribution in [0.25, 0.3) is 0 Å². The van der Waals surface area contributed by atoms with E-state index in [0.717, 1.165) is 5.56 Å².